The van der Waals surface area contributed by atoms with Crippen molar-refractivity contribution in [2.24, 2.45) is 0 Å². The van der Waals surface area contributed by atoms with Crippen molar-refractivity contribution in [2.45, 2.75) is 38.7 Å². The van der Waals surface area contributed by atoms with Crippen molar-refractivity contribution in [3.63, 3.8) is 0 Å². The van der Waals surface area contributed by atoms with Crippen LogP contribution in [0.15, 0.2) is 29.1 Å². The van der Waals surface area contributed by atoms with Crippen molar-refractivity contribution in [2.75, 3.05) is 6.61 Å². The molecule has 1 atom stereocenters. The molecule has 3 rings (SSSR count). The average molecular weight is 403 g/mol. The van der Waals surface area contributed by atoms with Crippen LogP contribution in [0.3, 0.4) is 0 Å². The quantitative estimate of drug-likeness (QED) is 0.601. The zero-order valence-corrected chi connectivity index (χ0v) is 17.4. The lowest BCUT2D eigenvalue weighted by molar-refractivity contribution is 0.0531. The summed E-state index contributed by atoms with van der Waals surface area (Å²) in [5.74, 6) is 1.06. The molecule has 5 nitrogen and oxygen atoms in total. The molecule has 0 aliphatic heterocycles. The molecule has 27 heavy (non-hydrogen) atoms. The standard InChI is InChI=1S/C20H22N2O3S2/c1-5-25-20(24)16-12(3)15-18(23)21-17(22-19(15)27-16)13(4)26-10-14-8-6-11(2)7-9-14/h6-9,13H,5,10H2,1-4H3,(H,21,22,23)/t13-/m1/s1. The Morgan fingerprint density at radius 3 is 2.67 bits per heavy atom. The summed E-state index contributed by atoms with van der Waals surface area (Å²) >= 11 is 2.93. The Kier molecular flexibility index (Phi) is 6.01. The van der Waals surface area contributed by atoms with E-state index in [1.807, 2.05) is 6.92 Å². The zero-order valence-electron chi connectivity index (χ0n) is 15.8. The van der Waals surface area contributed by atoms with Gasteiger partial charge in [-0.3, -0.25) is 4.79 Å². The van der Waals surface area contributed by atoms with Crippen molar-refractivity contribution in [3.05, 3.63) is 62.0 Å². The van der Waals surface area contributed by atoms with Crippen molar-refractivity contribution in [1.82, 2.24) is 9.97 Å². The Balaban J connectivity index is 1.85. The molecule has 0 aliphatic rings. The van der Waals surface area contributed by atoms with Crippen molar-refractivity contribution >= 4 is 39.3 Å². The third-order valence-corrected chi connectivity index (χ3v) is 6.67. The molecule has 2 aromatic heterocycles. The number of aromatic nitrogens is 2. The first-order valence-electron chi connectivity index (χ1n) is 8.78. The van der Waals surface area contributed by atoms with Gasteiger partial charge in [-0.1, -0.05) is 29.8 Å². The molecule has 0 amide bonds. The van der Waals surface area contributed by atoms with E-state index in [4.69, 9.17) is 4.74 Å². The summed E-state index contributed by atoms with van der Waals surface area (Å²) in [5.41, 5.74) is 2.90. The lowest BCUT2D eigenvalue weighted by atomic mass is 10.2. The van der Waals surface area contributed by atoms with Crippen LogP contribution in [0.4, 0.5) is 0 Å². The molecule has 3 aromatic rings. The first kappa shape index (κ1) is 19.6. The van der Waals surface area contributed by atoms with Gasteiger partial charge in [0, 0.05) is 5.75 Å². The van der Waals surface area contributed by atoms with E-state index in [0.29, 0.717) is 33.1 Å². The lowest BCUT2D eigenvalue weighted by Crippen LogP contribution is -2.13. The molecular weight excluding hydrogens is 380 g/mol. The van der Waals surface area contributed by atoms with Gasteiger partial charge in [0.05, 0.1) is 17.2 Å². The van der Waals surface area contributed by atoms with Crippen LogP contribution in [0, 0.1) is 13.8 Å². The van der Waals surface area contributed by atoms with E-state index in [1.165, 1.54) is 22.5 Å². The molecule has 0 aliphatic carbocycles. The summed E-state index contributed by atoms with van der Waals surface area (Å²) < 4.78 is 5.08. The molecule has 0 fully saturated rings. The number of rotatable bonds is 6. The van der Waals surface area contributed by atoms with Gasteiger partial charge in [-0.05, 0) is 38.8 Å². The van der Waals surface area contributed by atoms with Crippen LogP contribution in [-0.2, 0) is 10.5 Å². The largest absolute Gasteiger partial charge is 0.462 e. The second kappa shape index (κ2) is 8.27. The number of aryl methyl sites for hydroxylation is 2. The number of H-pyrrole nitrogens is 1. The normalized spacial score (nSPS) is 12.3. The van der Waals surface area contributed by atoms with Crippen LogP contribution in [-0.4, -0.2) is 22.5 Å². The number of benzene rings is 1. The van der Waals surface area contributed by atoms with Crippen LogP contribution in [0.1, 0.15) is 51.3 Å². The molecular formula is C20H22N2O3S2. The van der Waals surface area contributed by atoms with Gasteiger partial charge < -0.3 is 9.72 Å². The summed E-state index contributed by atoms with van der Waals surface area (Å²) in [6.45, 7) is 7.91. The number of nitrogens with one attached hydrogen (secondary N) is 1. The number of carbonyl (C=O) groups is 1. The minimum Gasteiger partial charge on any atom is -0.462 e. The van der Waals surface area contributed by atoms with Gasteiger partial charge in [0.15, 0.2) is 0 Å². The number of hydrogen-bond donors (Lipinski definition) is 1. The van der Waals surface area contributed by atoms with Gasteiger partial charge in [-0.15, -0.1) is 23.1 Å². The predicted octanol–water partition coefficient (Wildman–Crippen LogP) is 4.77. The summed E-state index contributed by atoms with van der Waals surface area (Å²) in [6.07, 6.45) is 0. The highest BCUT2D eigenvalue weighted by molar-refractivity contribution is 7.98. The molecule has 0 spiro atoms. The fourth-order valence-corrected chi connectivity index (χ4v) is 4.72. The Labute approximate surface area is 166 Å². The predicted molar refractivity (Wildman–Crippen MR) is 112 cm³/mol. The molecule has 1 aromatic carbocycles. The van der Waals surface area contributed by atoms with E-state index in [-0.39, 0.29) is 10.8 Å². The number of carbonyl (C=O) groups excluding carboxylic acids is 1. The summed E-state index contributed by atoms with van der Waals surface area (Å²) in [6, 6.07) is 8.42. The number of thioether (sulfide) groups is 1. The van der Waals surface area contributed by atoms with E-state index >= 15 is 0 Å². The number of esters is 1. The fraction of sp³-hybridized carbons (Fsp3) is 0.350. The van der Waals surface area contributed by atoms with Crippen LogP contribution < -0.4 is 5.56 Å². The maximum atomic E-state index is 12.6. The fourth-order valence-electron chi connectivity index (χ4n) is 2.73. The van der Waals surface area contributed by atoms with E-state index in [2.05, 4.69) is 41.2 Å². The average Bonchev–Trinajstić information content (AvgIpc) is 2.98. The molecule has 7 heteroatoms. The Hall–Kier alpha value is -2.12. The van der Waals surface area contributed by atoms with Crippen LogP contribution in [0.2, 0.25) is 0 Å². The first-order valence-corrected chi connectivity index (χ1v) is 10.6. The number of ether oxygens (including phenoxy) is 1. The smallest absolute Gasteiger partial charge is 0.348 e. The number of hydrogen-bond acceptors (Lipinski definition) is 6. The number of fused-ring (bicyclic) bond motifs is 1. The highest BCUT2D eigenvalue weighted by Gasteiger charge is 2.21. The van der Waals surface area contributed by atoms with Crippen molar-refractivity contribution in [1.29, 1.82) is 0 Å². The molecule has 0 saturated heterocycles. The van der Waals surface area contributed by atoms with Gasteiger partial charge in [0.1, 0.15) is 15.5 Å². The highest BCUT2D eigenvalue weighted by Crippen LogP contribution is 2.32. The minimum absolute atomic E-state index is 0.0249. The number of nitrogens with zero attached hydrogens (tertiary/aromatic N) is 1. The van der Waals surface area contributed by atoms with Gasteiger partial charge in [0.2, 0.25) is 0 Å². The molecule has 2 heterocycles. The van der Waals surface area contributed by atoms with Crippen molar-refractivity contribution < 1.29 is 9.53 Å². The third kappa shape index (κ3) is 4.25. The number of aromatic amines is 1. The summed E-state index contributed by atoms with van der Waals surface area (Å²) in [7, 11) is 0. The van der Waals surface area contributed by atoms with Gasteiger partial charge >= 0.3 is 5.97 Å². The van der Waals surface area contributed by atoms with E-state index in [1.54, 1.807) is 25.6 Å². The molecule has 0 unspecified atom stereocenters. The lowest BCUT2D eigenvalue weighted by Gasteiger charge is -2.10. The van der Waals surface area contributed by atoms with Crippen LogP contribution in [0.25, 0.3) is 10.2 Å². The van der Waals surface area contributed by atoms with E-state index in [0.717, 1.165) is 5.75 Å². The van der Waals surface area contributed by atoms with Crippen LogP contribution >= 0.6 is 23.1 Å². The Morgan fingerprint density at radius 1 is 1.30 bits per heavy atom. The maximum Gasteiger partial charge on any atom is 0.348 e. The first-order chi connectivity index (χ1) is 12.9. The van der Waals surface area contributed by atoms with E-state index < -0.39 is 5.97 Å². The van der Waals surface area contributed by atoms with E-state index in [9.17, 15) is 9.59 Å². The highest BCUT2D eigenvalue weighted by atomic mass is 32.2. The molecule has 142 valence electrons. The minimum atomic E-state index is -0.402. The topological polar surface area (TPSA) is 72.0 Å². The second-order valence-electron chi connectivity index (χ2n) is 6.35. The maximum absolute atomic E-state index is 12.6. The molecule has 1 N–H and O–H groups in total. The van der Waals surface area contributed by atoms with Crippen LogP contribution in [0.5, 0.6) is 0 Å². The Bertz CT molecular complexity index is 1020. The zero-order chi connectivity index (χ0) is 19.6. The van der Waals surface area contributed by atoms with Gasteiger partial charge in [-0.25, -0.2) is 9.78 Å². The second-order valence-corrected chi connectivity index (χ2v) is 8.67. The number of thiophene rings is 1. The third-order valence-electron chi connectivity index (χ3n) is 4.29. The molecule has 0 bridgehead atoms. The van der Waals surface area contributed by atoms with Gasteiger partial charge in [0.25, 0.3) is 5.56 Å². The molecule has 0 radical (unpaired) electrons. The SMILES string of the molecule is CCOC(=O)c1sc2nc([C@@H](C)SCc3ccc(C)cc3)[nH]c(=O)c2c1C. The summed E-state index contributed by atoms with van der Waals surface area (Å²) in [4.78, 5) is 33.2. The summed E-state index contributed by atoms with van der Waals surface area (Å²) in [5, 5.41) is 0.499. The monoisotopic (exact) mass is 402 g/mol. The molecule has 0 saturated carbocycles. The Morgan fingerprint density at radius 2 is 2.00 bits per heavy atom. The van der Waals surface area contributed by atoms with Crippen molar-refractivity contribution in [3.8, 4) is 0 Å². The van der Waals surface area contributed by atoms with Gasteiger partial charge in [-0.2, -0.15) is 0 Å².